The average molecular weight is 311 g/mol. The molecular formula is C18H21N3O2. The van der Waals surface area contributed by atoms with E-state index in [0.29, 0.717) is 0 Å². The Morgan fingerprint density at radius 3 is 2.70 bits per heavy atom. The number of hydrogen-bond acceptors (Lipinski definition) is 4. The lowest BCUT2D eigenvalue weighted by Gasteiger charge is -2.38. The molecular weight excluding hydrogens is 290 g/mol. The molecule has 0 radical (unpaired) electrons. The average Bonchev–Trinajstić information content (AvgIpc) is 3.02. The highest BCUT2D eigenvalue weighted by molar-refractivity contribution is 6.06. The minimum Gasteiger partial charge on any atom is -0.361 e. The second-order valence-electron chi connectivity index (χ2n) is 6.66. The molecule has 0 atom stereocenters. The molecule has 1 N–H and O–H groups in total. The fraction of sp³-hybridized carbons (Fsp3) is 0.444. The van der Waals surface area contributed by atoms with Gasteiger partial charge in [-0.1, -0.05) is 23.4 Å². The Kier molecular flexibility index (Phi) is 3.27. The number of carbonyl (C=O) groups excluding carboxylic acids is 1. The maximum atomic E-state index is 12.6. The maximum absolute atomic E-state index is 12.6. The summed E-state index contributed by atoms with van der Waals surface area (Å²) in [7, 11) is 0. The lowest BCUT2D eigenvalue weighted by molar-refractivity contribution is -0.122. The van der Waals surface area contributed by atoms with Crippen LogP contribution in [0.15, 0.2) is 28.8 Å². The van der Waals surface area contributed by atoms with Crippen molar-refractivity contribution < 1.29 is 9.32 Å². The number of fused-ring (bicyclic) bond motifs is 2. The van der Waals surface area contributed by atoms with Gasteiger partial charge in [-0.25, -0.2) is 0 Å². The Morgan fingerprint density at radius 1 is 1.26 bits per heavy atom. The summed E-state index contributed by atoms with van der Waals surface area (Å²) in [5.41, 5.74) is 3.95. The van der Waals surface area contributed by atoms with Gasteiger partial charge in [0.25, 0.3) is 0 Å². The van der Waals surface area contributed by atoms with E-state index in [-0.39, 0.29) is 11.3 Å². The van der Waals surface area contributed by atoms with E-state index < -0.39 is 0 Å². The first-order chi connectivity index (χ1) is 11.1. The van der Waals surface area contributed by atoms with Gasteiger partial charge in [0.05, 0.1) is 11.1 Å². The number of para-hydroxylation sites is 1. The molecule has 2 aliphatic heterocycles. The monoisotopic (exact) mass is 311 g/mol. The van der Waals surface area contributed by atoms with Crippen molar-refractivity contribution in [2.45, 2.75) is 38.6 Å². The molecule has 2 aromatic rings. The predicted octanol–water partition coefficient (Wildman–Crippen LogP) is 2.78. The van der Waals surface area contributed by atoms with Crippen LogP contribution >= 0.6 is 0 Å². The van der Waals surface area contributed by atoms with E-state index in [9.17, 15) is 4.79 Å². The Hall–Kier alpha value is -2.14. The zero-order valence-electron chi connectivity index (χ0n) is 13.6. The molecule has 3 heterocycles. The van der Waals surface area contributed by atoms with Gasteiger partial charge in [-0.2, -0.15) is 0 Å². The first-order valence-electron chi connectivity index (χ1n) is 8.15. The number of carbonyl (C=O) groups is 1. The summed E-state index contributed by atoms with van der Waals surface area (Å²) in [4.78, 5) is 15.0. The number of aromatic nitrogens is 1. The van der Waals surface area contributed by atoms with Crippen LogP contribution in [-0.4, -0.2) is 29.1 Å². The summed E-state index contributed by atoms with van der Waals surface area (Å²) in [6.07, 6.45) is 1.72. The number of nitrogens with one attached hydrogen (secondary N) is 1. The molecule has 5 heteroatoms. The highest BCUT2D eigenvalue weighted by Crippen LogP contribution is 2.44. The van der Waals surface area contributed by atoms with Gasteiger partial charge in [-0.05, 0) is 51.4 Å². The number of benzene rings is 1. The third-order valence-corrected chi connectivity index (χ3v) is 5.40. The summed E-state index contributed by atoms with van der Waals surface area (Å²) in [6, 6.07) is 8.09. The Balaban J connectivity index is 1.52. The molecule has 0 saturated carbocycles. The molecule has 4 rings (SSSR count). The van der Waals surface area contributed by atoms with Crippen molar-refractivity contribution in [1.29, 1.82) is 0 Å². The van der Waals surface area contributed by atoms with Crippen LogP contribution < -0.4 is 5.32 Å². The van der Waals surface area contributed by atoms with Gasteiger partial charge in [-0.15, -0.1) is 0 Å². The highest BCUT2D eigenvalue weighted by atomic mass is 16.5. The number of rotatable bonds is 2. The predicted molar refractivity (Wildman–Crippen MR) is 87.2 cm³/mol. The lowest BCUT2D eigenvalue weighted by Crippen LogP contribution is -2.46. The van der Waals surface area contributed by atoms with Crippen molar-refractivity contribution in [2.75, 3.05) is 18.4 Å². The van der Waals surface area contributed by atoms with Gasteiger partial charge in [-0.3, -0.25) is 9.69 Å². The molecule has 2 aliphatic rings. The fourth-order valence-corrected chi connectivity index (χ4v) is 3.91. The van der Waals surface area contributed by atoms with Crippen LogP contribution in [-0.2, 0) is 16.8 Å². The summed E-state index contributed by atoms with van der Waals surface area (Å²) in [6.45, 7) is 6.61. The fourth-order valence-electron chi connectivity index (χ4n) is 3.91. The number of hydrogen-bond donors (Lipinski definition) is 1. The molecule has 1 aromatic carbocycles. The molecule has 0 bridgehead atoms. The molecule has 5 nitrogen and oxygen atoms in total. The second-order valence-corrected chi connectivity index (χ2v) is 6.66. The number of nitrogens with zero attached hydrogens (tertiary/aromatic N) is 2. The minimum absolute atomic E-state index is 0.163. The summed E-state index contributed by atoms with van der Waals surface area (Å²) < 4.78 is 5.25. The van der Waals surface area contributed by atoms with E-state index >= 15 is 0 Å². The van der Waals surface area contributed by atoms with Crippen molar-refractivity contribution in [2.24, 2.45) is 0 Å². The number of amides is 1. The number of anilines is 1. The van der Waals surface area contributed by atoms with Crippen molar-refractivity contribution in [3.05, 3.63) is 46.8 Å². The van der Waals surface area contributed by atoms with Crippen molar-refractivity contribution >= 4 is 11.6 Å². The largest absolute Gasteiger partial charge is 0.361 e. The number of aryl methyl sites for hydroxylation is 2. The van der Waals surface area contributed by atoms with Gasteiger partial charge in [0.1, 0.15) is 5.76 Å². The molecule has 0 aliphatic carbocycles. The van der Waals surface area contributed by atoms with E-state index in [4.69, 9.17) is 4.52 Å². The van der Waals surface area contributed by atoms with Crippen molar-refractivity contribution in [3.8, 4) is 0 Å². The standard InChI is InChI=1S/C18H21N3O2/c1-12-14(13(2)23-20-12)11-21-9-7-18(8-10-21)15-5-3-4-6-16(15)19-17(18)22/h3-6H,7-11H2,1-2H3,(H,19,22). The van der Waals surface area contributed by atoms with Gasteiger partial charge < -0.3 is 9.84 Å². The van der Waals surface area contributed by atoms with Crippen LogP contribution in [0, 0.1) is 13.8 Å². The third-order valence-electron chi connectivity index (χ3n) is 5.40. The lowest BCUT2D eigenvalue weighted by atomic mass is 9.73. The van der Waals surface area contributed by atoms with Crippen LogP contribution in [0.25, 0.3) is 0 Å². The van der Waals surface area contributed by atoms with E-state index in [1.807, 2.05) is 32.0 Å². The van der Waals surface area contributed by atoms with E-state index in [1.54, 1.807) is 0 Å². The molecule has 1 spiro atoms. The number of likely N-dealkylation sites (tertiary alicyclic amines) is 1. The molecule has 0 unspecified atom stereocenters. The smallest absolute Gasteiger partial charge is 0.235 e. The van der Waals surface area contributed by atoms with Crippen LogP contribution in [0.1, 0.15) is 35.4 Å². The summed E-state index contributed by atoms with van der Waals surface area (Å²) in [5, 5.41) is 7.08. The Morgan fingerprint density at radius 2 is 2.00 bits per heavy atom. The molecule has 1 fully saturated rings. The van der Waals surface area contributed by atoms with E-state index in [2.05, 4.69) is 21.4 Å². The zero-order chi connectivity index (χ0) is 16.0. The molecule has 1 amide bonds. The molecule has 23 heavy (non-hydrogen) atoms. The Labute approximate surface area is 135 Å². The quantitative estimate of drug-likeness (QED) is 0.926. The summed E-state index contributed by atoms with van der Waals surface area (Å²) in [5.74, 6) is 1.06. The van der Waals surface area contributed by atoms with E-state index in [1.165, 1.54) is 11.1 Å². The second kappa shape index (κ2) is 5.20. The SMILES string of the molecule is Cc1noc(C)c1CN1CCC2(CC1)C(=O)Nc1ccccc12. The van der Waals surface area contributed by atoms with Crippen molar-refractivity contribution in [3.63, 3.8) is 0 Å². The molecule has 1 saturated heterocycles. The summed E-state index contributed by atoms with van der Waals surface area (Å²) >= 11 is 0. The van der Waals surface area contributed by atoms with Crippen LogP contribution in [0.4, 0.5) is 5.69 Å². The highest BCUT2D eigenvalue weighted by Gasteiger charge is 2.48. The third kappa shape index (κ3) is 2.18. The zero-order valence-corrected chi connectivity index (χ0v) is 13.6. The van der Waals surface area contributed by atoms with Gasteiger partial charge in [0, 0.05) is 17.8 Å². The van der Waals surface area contributed by atoms with Crippen LogP contribution in [0.5, 0.6) is 0 Å². The van der Waals surface area contributed by atoms with Gasteiger partial charge in [0.2, 0.25) is 5.91 Å². The molecule has 1 aromatic heterocycles. The topological polar surface area (TPSA) is 58.4 Å². The van der Waals surface area contributed by atoms with Gasteiger partial charge >= 0.3 is 0 Å². The van der Waals surface area contributed by atoms with Gasteiger partial charge in [0.15, 0.2) is 0 Å². The first kappa shape index (κ1) is 14.5. The normalized spacial score (nSPS) is 19.8. The van der Waals surface area contributed by atoms with Crippen LogP contribution in [0.2, 0.25) is 0 Å². The Bertz CT molecular complexity index is 738. The van der Waals surface area contributed by atoms with Crippen LogP contribution in [0.3, 0.4) is 0 Å². The number of piperidine rings is 1. The van der Waals surface area contributed by atoms with Crippen molar-refractivity contribution in [1.82, 2.24) is 10.1 Å². The minimum atomic E-state index is -0.341. The molecule has 120 valence electrons. The maximum Gasteiger partial charge on any atom is 0.235 e. The first-order valence-corrected chi connectivity index (χ1v) is 8.15. The van der Waals surface area contributed by atoms with E-state index in [0.717, 1.165) is 49.6 Å².